The van der Waals surface area contributed by atoms with Crippen LogP contribution in [0.4, 0.5) is 5.82 Å². The van der Waals surface area contributed by atoms with Gasteiger partial charge in [-0.15, -0.1) is 5.10 Å². The van der Waals surface area contributed by atoms with Gasteiger partial charge in [0.2, 0.25) is 5.65 Å². The van der Waals surface area contributed by atoms with E-state index in [1.807, 2.05) is 6.07 Å². The Morgan fingerprint density at radius 2 is 1.38 bits per heavy atom. The minimum Gasteiger partial charge on any atom is -0.384 e. The number of benzene rings is 3. The Morgan fingerprint density at radius 1 is 0.735 bits per heavy atom. The van der Waals surface area contributed by atoms with Gasteiger partial charge in [-0.05, 0) is 53.5 Å². The maximum atomic E-state index is 6.15. The van der Waals surface area contributed by atoms with Gasteiger partial charge in [0.15, 0.2) is 0 Å². The van der Waals surface area contributed by atoms with Crippen molar-refractivity contribution in [1.82, 2.24) is 20.4 Å². The van der Waals surface area contributed by atoms with E-state index in [9.17, 15) is 0 Å². The SMILES string of the molecule is Nc1cc(C(CCCC(Cc2ccccc2)c2ccccc2)c2ccccc2)c2n[nH]nc2n1. The van der Waals surface area contributed by atoms with Crippen LogP contribution in [0.15, 0.2) is 97.1 Å². The summed E-state index contributed by atoms with van der Waals surface area (Å²) < 4.78 is 0. The second-order valence-corrected chi connectivity index (χ2v) is 8.82. The number of aromatic amines is 1. The van der Waals surface area contributed by atoms with Gasteiger partial charge in [0, 0.05) is 5.92 Å². The molecule has 5 rings (SSSR count). The van der Waals surface area contributed by atoms with Crippen LogP contribution in [0.25, 0.3) is 11.2 Å². The number of nitrogens with two attached hydrogens (primary N) is 1. The lowest BCUT2D eigenvalue weighted by molar-refractivity contribution is 0.547. The monoisotopic (exact) mass is 447 g/mol. The molecule has 3 N–H and O–H groups in total. The molecule has 34 heavy (non-hydrogen) atoms. The number of anilines is 1. The third-order valence-electron chi connectivity index (χ3n) is 6.56. The van der Waals surface area contributed by atoms with Crippen molar-refractivity contribution in [3.8, 4) is 0 Å². The lowest BCUT2D eigenvalue weighted by Gasteiger charge is -2.22. The van der Waals surface area contributed by atoms with Gasteiger partial charge in [0.25, 0.3) is 0 Å². The minimum absolute atomic E-state index is 0.173. The Balaban J connectivity index is 1.41. The van der Waals surface area contributed by atoms with Gasteiger partial charge in [-0.1, -0.05) is 97.4 Å². The molecule has 0 fully saturated rings. The van der Waals surface area contributed by atoms with Crippen molar-refractivity contribution in [2.45, 2.75) is 37.5 Å². The molecule has 5 heteroatoms. The van der Waals surface area contributed by atoms with E-state index in [1.54, 1.807) is 0 Å². The molecular weight excluding hydrogens is 418 g/mol. The first kappa shape index (κ1) is 21.8. The average molecular weight is 448 g/mol. The molecule has 0 bridgehead atoms. The molecule has 0 amide bonds. The van der Waals surface area contributed by atoms with Crippen molar-refractivity contribution in [3.05, 3.63) is 119 Å². The van der Waals surface area contributed by atoms with Gasteiger partial charge in [-0.3, -0.25) is 0 Å². The maximum absolute atomic E-state index is 6.15. The molecule has 0 aliphatic rings. The Kier molecular flexibility index (Phi) is 6.61. The molecule has 0 saturated heterocycles. The molecule has 0 radical (unpaired) electrons. The van der Waals surface area contributed by atoms with Gasteiger partial charge in [-0.2, -0.15) is 10.3 Å². The van der Waals surface area contributed by atoms with E-state index in [2.05, 4.69) is 111 Å². The second kappa shape index (κ2) is 10.3. The fraction of sp³-hybridized carbons (Fsp3) is 0.207. The largest absolute Gasteiger partial charge is 0.384 e. The van der Waals surface area contributed by atoms with Gasteiger partial charge in [0.05, 0.1) is 0 Å². The molecule has 2 heterocycles. The molecule has 2 aromatic heterocycles. The molecule has 5 aromatic rings. The van der Waals surface area contributed by atoms with Crippen LogP contribution in [0.3, 0.4) is 0 Å². The molecule has 0 aliphatic carbocycles. The first-order valence-corrected chi connectivity index (χ1v) is 11.9. The number of H-pyrrole nitrogens is 1. The predicted molar refractivity (Wildman–Crippen MR) is 138 cm³/mol. The third kappa shape index (κ3) is 4.99. The number of nitrogen functional groups attached to an aromatic ring is 1. The topological polar surface area (TPSA) is 80.5 Å². The van der Waals surface area contributed by atoms with E-state index in [0.29, 0.717) is 17.4 Å². The predicted octanol–water partition coefficient (Wildman–Crippen LogP) is 6.26. The highest BCUT2D eigenvalue weighted by molar-refractivity contribution is 5.77. The molecular formula is C29H29N5. The summed E-state index contributed by atoms with van der Waals surface area (Å²) in [6.45, 7) is 0. The van der Waals surface area contributed by atoms with Crippen LogP contribution in [0, 0.1) is 0 Å². The lowest BCUT2D eigenvalue weighted by atomic mass is 9.83. The number of aromatic nitrogens is 4. The zero-order chi connectivity index (χ0) is 23.2. The molecule has 3 aromatic carbocycles. The van der Waals surface area contributed by atoms with Crippen LogP contribution >= 0.6 is 0 Å². The van der Waals surface area contributed by atoms with E-state index < -0.39 is 0 Å². The van der Waals surface area contributed by atoms with Crippen LogP contribution < -0.4 is 5.73 Å². The highest BCUT2D eigenvalue weighted by Gasteiger charge is 2.21. The first-order valence-electron chi connectivity index (χ1n) is 11.9. The van der Waals surface area contributed by atoms with Crippen molar-refractivity contribution < 1.29 is 0 Å². The summed E-state index contributed by atoms with van der Waals surface area (Å²) in [4.78, 5) is 4.34. The summed E-state index contributed by atoms with van der Waals surface area (Å²) in [6.07, 6.45) is 4.21. The van der Waals surface area contributed by atoms with Gasteiger partial charge < -0.3 is 5.73 Å². The minimum atomic E-state index is 0.173. The number of hydrogen-bond donors (Lipinski definition) is 2. The normalized spacial score (nSPS) is 13.1. The molecule has 2 atom stereocenters. The second-order valence-electron chi connectivity index (χ2n) is 8.82. The van der Waals surface area contributed by atoms with Crippen molar-refractivity contribution in [3.63, 3.8) is 0 Å². The number of rotatable bonds is 9. The highest BCUT2D eigenvalue weighted by atomic mass is 15.3. The number of hydrogen-bond acceptors (Lipinski definition) is 4. The standard InChI is InChI=1S/C29H29N5/c30-27-20-26(28-29(31-27)33-34-32-28)25(23-15-8-3-9-16-23)18-10-17-24(22-13-6-2-7-14-22)19-21-11-4-1-5-12-21/h1-9,11-16,20,24-25H,10,17-19H2,(H3,30,31,32,33,34). The lowest BCUT2D eigenvalue weighted by Crippen LogP contribution is -2.07. The van der Waals surface area contributed by atoms with Gasteiger partial charge in [0.1, 0.15) is 11.3 Å². The molecule has 0 aliphatic heterocycles. The fourth-order valence-corrected chi connectivity index (χ4v) is 4.91. The first-order chi connectivity index (χ1) is 16.8. The van der Waals surface area contributed by atoms with Crippen molar-refractivity contribution in [2.75, 3.05) is 5.73 Å². The van der Waals surface area contributed by atoms with E-state index in [0.717, 1.165) is 36.8 Å². The quantitative estimate of drug-likeness (QED) is 0.279. The number of pyridine rings is 1. The molecule has 0 saturated carbocycles. The van der Waals surface area contributed by atoms with Gasteiger partial charge >= 0.3 is 0 Å². The third-order valence-corrected chi connectivity index (χ3v) is 6.56. The zero-order valence-electron chi connectivity index (χ0n) is 19.1. The zero-order valence-corrected chi connectivity index (χ0v) is 19.1. The molecule has 2 unspecified atom stereocenters. The molecule has 170 valence electrons. The van der Waals surface area contributed by atoms with E-state index in [4.69, 9.17) is 5.73 Å². The van der Waals surface area contributed by atoms with Crippen LogP contribution in [-0.4, -0.2) is 20.4 Å². The molecule has 0 spiro atoms. The van der Waals surface area contributed by atoms with E-state index >= 15 is 0 Å². The van der Waals surface area contributed by atoms with Crippen LogP contribution in [0.1, 0.15) is 53.4 Å². The summed E-state index contributed by atoms with van der Waals surface area (Å²) in [5.41, 5.74) is 12.6. The summed E-state index contributed by atoms with van der Waals surface area (Å²) >= 11 is 0. The van der Waals surface area contributed by atoms with Crippen LogP contribution in [0.2, 0.25) is 0 Å². The Bertz CT molecular complexity index is 1320. The van der Waals surface area contributed by atoms with Gasteiger partial charge in [-0.25, -0.2) is 4.98 Å². The van der Waals surface area contributed by atoms with Crippen LogP contribution in [-0.2, 0) is 6.42 Å². The Morgan fingerprint density at radius 3 is 2.09 bits per heavy atom. The summed E-state index contributed by atoms with van der Waals surface area (Å²) in [6, 6.07) is 34.2. The summed E-state index contributed by atoms with van der Waals surface area (Å²) in [5.74, 6) is 1.12. The highest BCUT2D eigenvalue weighted by Crippen LogP contribution is 2.35. The molecule has 5 nitrogen and oxygen atoms in total. The Hall–Kier alpha value is -3.99. The average Bonchev–Trinajstić information content (AvgIpc) is 3.36. The van der Waals surface area contributed by atoms with E-state index in [-0.39, 0.29) is 5.92 Å². The Labute approximate surface area is 200 Å². The van der Waals surface area contributed by atoms with Crippen molar-refractivity contribution >= 4 is 17.0 Å². The van der Waals surface area contributed by atoms with E-state index in [1.165, 1.54) is 16.7 Å². The summed E-state index contributed by atoms with van der Waals surface area (Å²) in [7, 11) is 0. The maximum Gasteiger partial charge on any atom is 0.203 e. The fourth-order valence-electron chi connectivity index (χ4n) is 4.91. The smallest absolute Gasteiger partial charge is 0.203 e. The number of fused-ring (bicyclic) bond motifs is 1. The number of nitrogens with one attached hydrogen (secondary N) is 1. The van der Waals surface area contributed by atoms with Crippen molar-refractivity contribution in [1.29, 1.82) is 0 Å². The summed E-state index contributed by atoms with van der Waals surface area (Å²) in [5, 5.41) is 11.3. The van der Waals surface area contributed by atoms with Crippen molar-refractivity contribution in [2.24, 2.45) is 0 Å². The number of nitrogens with zero attached hydrogens (tertiary/aromatic N) is 3. The van der Waals surface area contributed by atoms with Crippen LogP contribution in [0.5, 0.6) is 0 Å².